The Balaban J connectivity index is 3.26. The highest BCUT2D eigenvalue weighted by Gasteiger charge is 2.26. The number of hydrogen-bond acceptors (Lipinski definition) is 3. The van der Waals surface area contributed by atoms with Crippen LogP contribution in [0.1, 0.15) is 27.2 Å². The zero-order chi connectivity index (χ0) is 13.9. The van der Waals surface area contributed by atoms with Gasteiger partial charge >= 0.3 is 0 Å². The minimum Gasteiger partial charge on any atom is -0.399 e. The summed E-state index contributed by atoms with van der Waals surface area (Å²) in [5.74, 6) is -0.645. The zero-order valence-electron chi connectivity index (χ0n) is 10.9. The summed E-state index contributed by atoms with van der Waals surface area (Å²) in [7, 11) is -3.69. The molecule has 102 valence electrons. The molecule has 0 aliphatic heterocycles. The monoisotopic (exact) mass is 274 g/mol. The molecule has 1 aromatic rings. The molecule has 0 heterocycles. The van der Waals surface area contributed by atoms with E-state index in [1.807, 2.05) is 6.92 Å². The molecule has 18 heavy (non-hydrogen) atoms. The van der Waals surface area contributed by atoms with Crippen LogP contribution in [0.15, 0.2) is 23.1 Å². The largest absolute Gasteiger partial charge is 0.399 e. The Morgan fingerprint density at radius 3 is 2.39 bits per heavy atom. The normalized spacial score (nSPS) is 12.3. The van der Waals surface area contributed by atoms with Crippen LogP contribution >= 0.6 is 0 Å². The molecule has 0 bridgehead atoms. The van der Waals surface area contributed by atoms with Crippen molar-refractivity contribution in [2.45, 2.75) is 38.1 Å². The Labute approximate surface area is 108 Å². The van der Waals surface area contributed by atoms with E-state index in [1.54, 1.807) is 13.8 Å². The van der Waals surface area contributed by atoms with Crippen molar-refractivity contribution in [2.75, 3.05) is 12.3 Å². The molecule has 1 aromatic carbocycles. The maximum Gasteiger partial charge on any atom is 0.243 e. The van der Waals surface area contributed by atoms with E-state index in [2.05, 4.69) is 0 Å². The van der Waals surface area contributed by atoms with Crippen LogP contribution in [0.5, 0.6) is 0 Å². The Morgan fingerprint density at radius 2 is 1.94 bits per heavy atom. The molecule has 0 atom stereocenters. The molecule has 1 rings (SSSR count). The summed E-state index contributed by atoms with van der Waals surface area (Å²) in [5, 5.41) is 0. The van der Waals surface area contributed by atoms with Crippen molar-refractivity contribution in [3.63, 3.8) is 0 Å². The third-order valence-corrected chi connectivity index (χ3v) is 4.57. The van der Waals surface area contributed by atoms with Gasteiger partial charge < -0.3 is 5.73 Å². The van der Waals surface area contributed by atoms with Crippen LogP contribution < -0.4 is 5.73 Å². The topological polar surface area (TPSA) is 63.4 Å². The Hall–Kier alpha value is -1.14. The van der Waals surface area contributed by atoms with Crippen LogP contribution in [-0.2, 0) is 10.0 Å². The van der Waals surface area contributed by atoms with Crippen molar-refractivity contribution in [2.24, 2.45) is 0 Å². The summed E-state index contributed by atoms with van der Waals surface area (Å²) in [6.07, 6.45) is 0.697. The van der Waals surface area contributed by atoms with Gasteiger partial charge in [-0.15, -0.1) is 0 Å². The summed E-state index contributed by atoms with van der Waals surface area (Å²) < 4.78 is 39.3. The first kappa shape index (κ1) is 14.9. The third kappa shape index (κ3) is 3.20. The first-order chi connectivity index (χ1) is 8.28. The summed E-state index contributed by atoms with van der Waals surface area (Å²) >= 11 is 0. The first-order valence-electron chi connectivity index (χ1n) is 5.87. The number of benzene rings is 1. The molecular weight excluding hydrogens is 255 g/mol. The van der Waals surface area contributed by atoms with E-state index in [1.165, 1.54) is 10.4 Å². The van der Waals surface area contributed by atoms with Gasteiger partial charge in [0.25, 0.3) is 0 Å². The minimum absolute atomic E-state index is 0.0952. The van der Waals surface area contributed by atoms with Crippen LogP contribution in [0.4, 0.5) is 10.1 Å². The van der Waals surface area contributed by atoms with E-state index in [0.717, 1.165) is 12.1 Å². The van der Waals surface area contributed by atoms with Gasteiger partial charge in [-0.2, -0.15) is 4.31 Å². The van der Waals surface area contributed by atoms with Crippen LogP contribution in [0.25, 0.3) is 0 Å². The molecule has 2 N–H and O–H groups in total. The standard InChI is InChI=1S/C12H19FN2O2S/c1-4-5-15(9(2)3)18(16,17)12-7-10(13)6-11(14)8-12/h6-9H,4-5,14H2,1-3H3. The summed E-state index contributed by atoms with van der Waals surface area (Å²) in [6, 6.07) is 3.19. The lowest BCUT2D eigenvalue weighted by atomic mass is 10.3. The molecule has 4 nitrogen and oxygen atoms in total. The van der Waals surface area contributed by atoms with Gasteiger partial charge in [-0.1, -0.05) is 6.92 Å². The number of hydrogen-bond donors (Lipinski definition) is 1. The van der Waals surface area contributed by atoms with E-state index in [9.17, 15) is 12.8 Å². The minimum atomic E-state index is -3.69. The average Bonchev–Trinajstić information content (AvgIpc) is 2.23. The van der Waals surface area contributed by atoms with Gasteiger partial charge in [0, 0.05) is 18.3 Å². The fourth-order valence-electron chi connectivity index (χ4n) is 1.75. The maximum absolute atomic E-state index is 13.2. The number of sulfonamides is 1. The first-order valence-corrected chi connectivity index (χ1v) is 7.31. The lowest BCUT2D eigenvalue weighted by Crippen LogP contribution is -2.37. The smallest absolute Gasteiger partial charge is 0.243 e. The summed E-state index contributed by atoms with van der Waals surface area (Å²) in [4.78, 5) is -0.0952. The quantitative estimate of drug-likeness (QED) is 0.837. The second-order valence-electron chi connectivity index (χ2n) is 4.43. The molecule has 6 heteroatoms. The molecule has 0 aromatic heterocycles. The van der Waals surface area contributed by atoms with E-state index in [-0.39, 0.29) is 16.6 Å². The van der Waals surface area contributed by atoms with E-state index < -0.39 is 15.8 Å². The molecule has 0 fully saturated rings. The van der Waals surface area contributed by atoms with Crippen molar-refractivity contribution in [3.05, 3.63) is 24.0 Å². The van der Waals surface area contributed by atoms with Gasteiger partial charge in [0.05, 0.1) is 4.90 Å². The number of nitrogen functional groups attached to an aromatic ring is 1. The van der Waals surface area contributed by atoms with E-state index in [0.29, 0.717) is 13.0 Å². The number of halogens is 1. The predicted molar refractivity (Wildman–Crippen MR) is 70.1 cm³/mol. The van der Waals surface area contributed by atoms with Crippen LogP contribution in [0.3, 0.4) is 0 Å². The average molecular weight is 274 g/mol. The van der Waals surface area contributed by atoms with Crippen molar-refractivity contribution < 1.29 is 12.8 Å². The van der Waals surface area contributed by atoms with Crippen molar-refractivity contribution in [1.29, 1.82) is 0 Å². The highest BCUT2D eigenvalue weighted by Crippen LogP contribution is 2.22. The summed E-state index contributed by atoms with van der Waals surface area (Å²) in [5.41, 5.74) is 5.59. The maximum atomic E-state index is 13.2. The fourth-order valence-corrected chi connectivity index (χ4v) is 3.54. The third-order valence-electron chi connectivity index (χ3n) is 2.52. The van der Waals surface area contributed by atoms with Crippen molar-refractivity contribution in [1.82, 2.24) is 4.31 Å². The lowest BCUT2D eigenvalue weighted by Gasteiger charge is -2.25. The molecule has 0 radical (unpaired) electrons. The Bertz CT molecular complexity index is 495. The molecular formula is C12H19FN2O2S. The number of rotatable bonds is 5. The second kappa shape index (κ2) is 5.67. The summed E-state index contributed by atoms with van der Waals surface area (Å²) in [6.45, 7) is 5.87. The molecule has 0 saturated carbocycles. The second-order valence-corrected chi connectivity index (χ2v) is 6.32. The van der Waals surface area contributed by atoms with Crippen LogP contribution in [0.2, 0.25) is 0 Å². The molecule has 0 aliphatic rings. The highest BCUT2D eigenvalue weighted by atomic mass is 32.2. The van der Waals surface area contributed by atoms with Crippen LogP contribution in [0, 0.1) is 5.82 Å². The Morgan fingerprint density at radius 1 is 1.33 bits per heavy atom. The van der Waals surface area contributed by atoms with Gasteiger partial charge in [-0.3, -0.25) is 0 Å². The zero-order valence-corrected chi connectivity index (χ0v) is 11.7. The van der Waals surface area contributed by atoms with Gasteiger partial charge in [0.15, 0.2) is 0 Å². The molecule has 0 saturated heterocycles. The predicted octanol–water partition coefficient (Wildman–Crippen LogP) is 2.22. The molecule has 0 aliphatic carbocycles. The van der Waals surface area contributed by atoms with Gasteiger partial charge in [0.2, 0.25) is 10.0 Å². The van der Waals surface area contributed by atoms with Crippen molar-refractivity contribution in [3.8, 4) is 0 Å². The molecule has 0 spiro atoms. The van der Waals surface area contributed by atoms with Crippen molar-refractivity contribution >= 4 is 15.7 Å². The number of nitrogens with two attached hydrogens (primary N) is 1. The van der Waals surface area contributed by atoms with E-state index in [4.69, 9.17) is 5.73 Å². The van der Waals surface area contributed by atoms with Gasteiger partial charge in [-0.05, 0) is 38.5 Å². The Kier molecular flexibility index (Phi) is 4.70. The SMILES string of the molecule is CCCN(C(C)C)S(=O)(=O)c1cc(N)cc(F)c1. The van der Waals surface area contributed by atoms with Crippen LogP contribution in [-0.4, -0.2) is 25.3 Å². The highest BCUT2D eigenvalue weighted by molar-refractivity contribution is 7.89. The van der Waals surface area contributed by atoms with Gasteiger partial charge in [0.1, 0.15) is 5.82 Å². The number of anilines is 1. The lowest BCUT2D eigenvalue weighted by molar-refractivity contribution is 0.354. The number of nitrogens with zero attached hydrogens (tertiary/aromatic N) is 1. The van der Waals surface area contributed by atoms with Gasteiger partial charge in [-0.25, -0.2) is 12.8 Å². The molecule has 0 amide bonds. The molecule has 0 unspecified atom stereocenters. The van der Waals surface area contributed by atoms with E-state index >= 15 is 0 Å². The fraction of sp³-hybridized carbons (Fsp3) is 0.500.